The maximum Gasteiger partial charge on any atom is 0.397 e. The van der Waals surface area contributed by atoms with Crippen LogP contribution < -0.4 is 0 Å². The van der Waals surface area contributed by atoms with Gasteiger partial charge in [-0.3, -0.25) is 9.35 Å². The average molecular weight is 919 g/mol. The maximum absolute atomic E-state index is 12.9. The second-order valence-electron chi connectivity index (χ2n) is 15.6. The molecule has 0 amide bonds. The normalized spacial score (nSPS) is 20.8. The molecular formula is C51H82O12S. The van der Waals surface area contributed by atoms with E-state index in [0.717, 1.165) is 116 Å². The summed E-state index contributed by atoms with van der Waals surface area (Å²) in [4.78, 5) is 12.9. The number of rotatable bonds is 39. The summed E-state index contributed by atoms with van der Waals surface area (Å²) < 4.78 is 59.1. The van der Waals surface area contributed by atoms with Crippen LogP contribution in [0.2, 0.25) is 0 Å². The van der Waals surface area contributed by atoms with E-state index in [2.05, 4.69) is 127 Å². The van der Waals surface area contributed by atoms with Crippen molar-refractivity contribution in [3.8, 4) is 0 Å². The molecule has 64 heavy (non-hydrogen) atoms. The molecule has 13 heteroatoms. The van der Waals surface area contributed by atoms with Crippen LogP contribution in [0.25, 0.3) is 0 Å². The van der Waals surface area contributed by atoms with Gasteiger partial charge in [0.05, 0.1) is 19.8 Å². The Hall–Kier alpha value is -3.24. The van der Waals surface area contributed by atoms with Crippen LogP contribution in [-0.4, -0.2) is 97.5 Å². The van der Waals surface area contributed by atoms with Crippen molar-refractivity contribution in [3.63, 3.8) is 0 Å². The third-order valence-electron chi connectivity index (χ3n) is 9.89. The Balaban J connectivity index is 2.47. The highest BCUT2D eigenvalue weighted by Crippen LogP contribution is 2.26. The first-order valence-electron chi connectivity index (χ1n) is 23.6. The molecule has 0 aromatic heterocycles. The van der Waals surface area contributed by atoms with Crippen molar-refractivity contribution in [2.24, 2.45) is 0 Å². The maximum atomic E-state index is 12.9. The number of aliphatic hydroxyl groups is 3. The fraction of sp³-hybridized carbons (Fsp3) is 0.627. The molecule has 0 radical (unpaired) electrons. The average Bonchev–Trinajstić information content (AvgIpc) is 3.27. The third-order valence-corrected chi connectivity index (χ3v) is 10.4. The largest absolute Gasteiger partial charge is 0.457 e. The van der Waals surface area contributed by atoms with E-state index in [0.29, 0.717) is 13.0 Å². The highest BCUT2D eigenvalue weighted by molar-refractivity contribution is 7.80. The first kappa shape index (κ1) is 58.8. The van der Waals surface area contributed by atoms with E-state index in [9.17, 15) is 33.1 Å². The van der Waals surface area contributed by atoms with E-state index in [4.69, 9.17) is 18.9 Å². The number of esters is 1. The minimum atomic E-state index is -5.08. The number of ether oxygens (including phenoxy) is 4. The van der Waals surface area contributed by atoms with Crippen LogP contribution in [0.1, 0.15) is 142 Å². The zero-order valence-corrected chi connectivity index (χ0v) is 39.6. The van der Waals surface area contributed by atoms with Gasteiger partial charge in [0, 0.05) is 13.0 Å². The number of allylic oxidation sites excluding steroid dienone is 18. The minimum absolute atomic E-state index is 0.00744. The van der Waals surface area contributed by atoms with Crippen molar-refractivity contribution in [3.05, 3.63) is 109 Å². The quantitative estimate of drug-likeness (QED) is 0.0199. The van der Waals surface area contributed by atoms with Gasteiger partial charge in [-0.05, 0) is 96.3 Å². The molecule has 4 N–H and O–H groups in total. The molecule has 0 saturated carbocycles. The molecule has 0 spiro atoms. The molecule has 1 fully saturated rings. The lowest BCUT2D eigenvalue weighted by molar-refractivity contribution is -0.301. The van der Waals surface area contributed by atoms with E-state index in [1.165, 1.54) is 0 Å². The van der Waals surface area contributed by atoms with Crippen molar-refractivity contribution in [1.82, 2.24) is 0 Å². The van der Waals surface area contributed by atoms with Crippen LogP contribution >= 0.6 is 0 Å². The Morgan fingerprint density at radius 2 is 1.03 bits per heavy atom. The molecule has 6 unspecified atom stereocenters. The molecule has 1 rings (SSSR count). The second kappa shape index (κ2) is 41.2. The fourth-order valence-corrected chi connectivity index (χ4v) is 6.90. The van der Waals surface area contributed by atoms with Crippen LogP contribution in [-0.2, 0) is 38.3 Å². The Bertz CT molecular complexity index is 1530. The summed E-state index contributed by atoms with van der Waals surface area (Å²) in [6, 6.07) is 0. The Kier molecular flexibility index (Phi) is 37.8. The van der Waals surface area contributed by atoms with Gasteiger partial charge < -0.3 is 34.3 Å². The summed E-state index contributed by atoms with van der Waals surface area (Å²) in [6.45, 7) is 3.61. The Morgan fingerprint density at radius 3 is 1.50 bits per heavy atom. The van der Waals surface area contributed by atoms with Crippen LogP contribution in [0.15, 0.2) is 109 Å². The van der Waals surface area contributed by atoms with Gasteiger partial charge in [0.15, 0.2) is 6.29 Å². The predicted molar refractivity (Wildman–Crippen MR) is 257 cm³/mol. The highest BCUT2D eigenvalue weighted by atomic mass is 32.3. The van der Waals surface area contributed by atoms with Crippen molar-refractivity contribution in [2.75, 3.05) is 26.4 Å². The number of aliphatic hydroxyl groups excluding tert-OH is 3. The number of carbonyl (C=O) groups excluding carboxylic acids is 1. The first-order valence-corrected chi connectivity index (χ1v) is 25.0. The molecule has 1 aliphatic heterocycles. The van der Waals surface area contributed by atoms with Crippen molar-refractivity contribution in [1.29, 1.82) is 0 Å². The summed E-state index contributed by atoms with van der Waals surface area (Å²) in [5, 5.41) is 30.7. The molecule has 0 aromatic rings. The Morgan fingerprint density at radius 1 is 0.594 bits per heavy atom. The zero-order valence-electron chi connectivity index (χ0n) is 38.8. The number of unbranched alkanes of at least 4 members (excludes halogenated alkanes) is 8. The van der Waals surface area contributed by atoms with Gasteiger partial charge in [-0.2, -0.15) is 8.42 Å². The van der Waals surface area contributed by atoms with Gasteiger partial charge in [0.1, 0.15) is 30.5 Å². The van der Waals surface area contributed by atoms with E-state index < -0.39 is 59.8 Å². The molecule has 1 aliphatic rings. The van der Waals surface area contributed by atoms with Gasteiger partial charge in [-0.15, -0.1) is 0 Å². The molecule has 12 nitrogen and oxygen atoms in total. The summed E-state index contributed by atoms with van der Waals surface area (Å²) in [7, 11) is -5.08. The summed E-state index contributed by atoms with van der Waals surface area (Å²) in [5.74, 6) is -0.434. The standard InChI is InChI=1S/C51H82O12S/c1-3-5-7-9-11-13-15-17-19-21-23-24-26-28-30-32-34-36-38-40-47(53)61-45(44-60-51-49(55)50(63-64(56,57)58)48(54)46(42-52)62-51)43-59-41-39-37-35-33-31-29-27-25-22-20-18-16-14-12-10-8-6-4-2/h5-8,11-14,17-20,23-25,27,31,33,45-46,48-52,54-55H,3-4,9-10,15-16,21-22,26,28-30,32,34-44H2,1-2H3,(H,56,57,58)/b7-5-,8-6-,13-11-,14-12-,19-17-,20-18-,24-23-,27-25-,33-31-. The predicted octanol–water partition coefficient (Wildman–Crippen LogP) is 10.4. The molecular weight excluding hydrogens is 837 g/mol. The number of hydrogen-bond acceptors (Lipinski definition) is 11. The lowest BCUT2D eigenvalue weighted by Crippen LogP contribution is -2.60. The fourth-order valence-electron chi connectivity index (χ4n) is 6.39. The van der Waals surface area contributed by atoms with Crippen molar-refractivity contribution >= 4 is 16.4 Å². The van der Waals surface area contributed by atoms with E-state index >= 15 is 0 Å². The summed E-state index contributed by atoms with van der Waals surface area (Å²) in [5.41, 5.74) is 0. The van der Waals surface area contributed by atoms with Crippen LogP contribution in [0.4, 0.5) is 0 Å². The molecule has 6 atom stereocenters. The first-order chi connectivity index (χ1) is 31.1. The van der Waals surface area contributed by atoms with E-state index in [1.54, 1.807) is 0 Å². The number of hydrogen-bond donors (Lipinski definition) is 4. The molecule has 1 saturated heterocycles. The van der Waals surface area contributed by atoms with Crippen molar-refractivity contribution in [2.45, 2.75) is 179 Å². The topological polar surface area (TPSA) is 178 Å². The number of carbonyl (C=O) groups is 1. The molecule has 0 aromatic carbocycles. The summed E-state index contributed by atoms with van der Waals surface area (Å²) >= 11 is 0. The lowest BCUT2D eigenvalue weighted by atomic mass is 9.99. The lowest BCUT2D eigenvalue weighted by Gasteiger charge is -2.41. The van der Waals surface area contributed by atoms with Gasteiger partial charge >= 0.3 is 16.4 Å². The highest BCUT2D eigenvalue weighted by Gasteiger charge is 2.48. The van der Waals surface area contributed by atoms with E-state index in [-0.39, 0.29) is 19.6 Å². The monoisotopic (exact) mass is 919 g/mol. The minimum Gasteiger partial charge on any atom is -0.457 e. The van der Waals surface area contributed by atoms with Crippen LogP contribution in [0.3, 0.4) is 0 Å². The van der Waals surface area contributed by atoms with Gasteiger partial charge in [0.2, 0.25) is 0 Å². The zero-order chi connectivity index (χ0) is 46.8. The second-order valence-corrected chi connectivity index (χ2v) is 16.6. The van der Waals surface area contributed by atoms with Crippen molar-refractivity contribution < 1.29 is 56.2 Å². The van der Waals surface area contributed by atoms with Gasteiger partial charge in [-0.25, -0.2) is 4.18 Å². The molecule has 0 bridgehead atoms. The third kappa shape index (κ3) is 34.2. The molecule has 364 valence electrons. The summed E-state index contributed by atoms with van der Waals surface area (Å²) in [6.07, 6.45) is 48.3. The van der Waals surface area contributed by atoms with Crippen LogP contribution in [0.5, 0.6) is 0 Å². The van der Waals surface area contributed by atoms with E-state index in [1.807, 2.05) is 0 Å². The van der Waals surface area contributed by atoms with Gasteiger partial charge in [0.25, 0.3) is 0 Å². The smallest absolute Gasteiger partial charge is 0.397 e. The molecule has 1 heterocycles. The van der Waals surface area contributed by atoms with Crippen LogP contribution in [0, 0.1) is 0 Å². The molecule has 0 aliphatic carbocycles. The Labute approximate surface area is 386 Å². The van der Waals surface area contributed by atoms with Gasteiger partial charge in [-0.1, -0.05) is 149 Å². The SMILES string of the molecule is CC/C=C\C/C=C\C/C=C\C/C=C\C/C=C\CCCCOCC(COC1OC(CO)C(O)C(OS(=O)(=O)O)C1O)OC(=O)CCCCCCCC/C=C\C/C=C\C/C=C\C/C=C\CC.